The predicted octanol–water partition coefficient (Wildman–Crippen LogP) is 2.52. The molecule has 1 fully saturated rings. The molecule has 9 heteroatoms. The zero-order valence-corrected chi connectivity index (χ0v) is 17.8. The van der Waals surface area contributed by atoms with Crippen LogP contribution in [0.4, 0.5) is 10.5 Å². The fraction of sp³-hybridized carbons (Fsp3) is 0.455. The van der Waals surface area contributed by atoms with Crippen LogP contribution >= 0.6 is 0 Å². The van der Waals surface area contributed by atoms with Crippen LogP contribution in [0.15, 0.2) is 36.5 Å². The second-order valence-corrected chi connectivity index (χ2v) is 8.25. The summed E-state index contributed by atoms with van der Waals surface area (Å²) in [6.07, 6.45) is 4.75. The minimum absolute atomic E-state index is 0.204. The van der Waals surface area contributed by atoms with Gasteiger partial charge in [0.05, 0.1) is 11.2 Å². The molecule has 1 aromatic heterocycles. The molecule has 4 N–H and O–H groups in total. The molecule has 1 heterocycles. The molecular formula is C22H29N5O4. The third kappa shape index (κ3) is 5.69. The Morgan fingerprint density at radius 3 is 2.58 bits per heavy atom. The number of pyridine rings is 1. The molecule has 1 aliphatic rings. The average Bonchev–Trinajstić information content (AvgIpc) is 2.73. The highest BCUT2D eigenvalue weighted by molar-refractivity contribution is 6.01. The number of fused-ring (bicyclic) bond motifs is 1. The second kappa shape index (κ2) is 10.2. The number of nitrogens with zero attached hydrogens (tertiary/aromatic N) is 2. The summed E-state index contributed by atoms with van der Waals surface area (Å²) in [7, 11) is 0. The molecule has 1 atom stereocenters. The maximum absolute atomic E-state index is 13.2. The zero-order valence-electron chi connectivity index (χ0n) is 17.8. The Bertz CT molecular complexity index is 939. The first-order valence-corrected chi connectivity index (χ1v) is 10.5. The van der Waals surface area contributed by atoms with Crippen LogP contribution < -0.4 is 16.1 Å². The van der Waals surface area contributed by atoms with Crippen molar-refractivity contribution in [3.63, 3.8) is 0 Å². The summed E-state index contributed by atoms with van der Waals surface area (Å²) in [5, 5.41) is 15.3. The first-order chi connectivity index (χ1) is 14.9. The molecule has 1 aromatic carbocycles. The maximum Gasteiger partial charge on any atom is 0.319 e. The summed E-state index contributed by atoms with van der Waals surface area (Å²) in [5.74, 6) is -0.887. The number of hydrogen-bond donors (Lipinski definition) is 4. The smallest absolute Gasteiger partial charge is 0.319 e. The van der Waals surface area contributed by atoms with Crippen molar-refractivity contribution < 1.29 is 19.6 Å². The molecule has 3 rings (SSSR count). The lowest BCUT2D eigenvalue weighted by molar-refractivity contribution is -0.142. The van der Waals surface area contributed by atoms with Gasteiger partial charge in [-0.3, -0.25) is 19.8 Å². The number of benzene rings is 1. The molecule has 9 nitrogen and oxygen atoms in total. The van der Waals surface area contributed by atoms with Crippen molar-refractivity contribution in [1.29, 1.82) is 0 Å². The summed E-state index contributed by atoms with van der Waals surface area (Å²) in [6.45, 7) is 3.82. The SMILES string of the molecule is CC(C)C(NC(=O)Nc1cccc2cccnc12)C(=O)N(CC(=O)NO)CC1CCC1. The number of para-hydroxylation sites is 1. The molecule has 1 aliphatic carbocycles. The first kappa shape index (κ1) is 22.5. The number of hydroxylamine groups is 1. The third-order valence-electron chi connectivity index (χ3n) is 5.57. The van der Waals surface area contributed by atoms with Crippen molar-refractivity contribution in [2.24, 2.45) is 11.8 Å². The Morgan fingerprint density at radius 2 is 1.94 bits per heavy atom. The number of aromatic nitrogens is 1. The third-order valence-corrected chi connectivity index (χ3v) is 5.57. The monoisotopic (exact) mass is 427 g/mol. The van der Waals surface area contributed by atoms with Crippen LogP contribution in [0.25, 0.3) is 10.9 Å². The van der Waals surface area contributed by atoms with Crippen LogP contribution in [0.5, 0.6) is 0 Å². The van der Waals surface area contributed by atoms with Crippen LogP contribution in [0.3, 0.4) is 0 Å². The quantitative estimate of drug-likeness (QED) is 0.381. The normalized spacial score (nSPS) is 14.6. The Labute approximate surface area is 181 Å². The number of amides is 4. The molecule has 4 amide bonds. The highest BCUT2D eigenvalue weighted by Crippen LogP contribution is 2.27. The van der Waals surface area contributed by atoms with Crippen molar-refractivity contribution in [2.45, 2.75) is 39.2 Å². The van der Waals surface area contributed by atoms with Crippen molar-refractivity contribution in [3.05, 3.63) is 36.5 Å². The lowest BCUT2D eigenvalue weighted by atomic mass is 9.85. The van der Waals surface area contributed by atoms with E-state index in [1.54, 1.807) is 17.7 Å². The maximum atomic E-state index is 13.2. The fourth-order valence-electron chi connectivity index (χ4n) is 3.64. The largest absolute Gasteiger partial charge is 0.331 e. The average molecular weight is 428 g/mol. The second-order valence-electron chi connectivity index (χ2n) is 8.25. The van der Waals surface area contributed by atoms with Crippen molar-refractivity contribution in [2.75, 3.05) is 18.4 Å². The van der Waals surface area contributed by atoms with E-state index < -0.39 is 18.0 Å². The lowest BCUT2D eigenvalue weighted by Gasteiger charge is -2.34. The number of hydrogen-bond acceptors (Lipinski definition) is 5. The molecule has 2 aromatic rings. The van der Waals surface area contributed by atoms with Gasteiger partial charge in [0.25, 0.3) is 5.91 Å². The molecule has 0 saturated heterocycles. The Morgan fingerprint density at radius 1 is 1.19 bits per heavy atom. The van der Waals surface area contributed by atoms with E-state index >= 15 is 0 Å². The topological polar surface area (TPSA) is 124 Å². The summed E-state index contributed by atoms with van der Waals surface area (Å²) >= 11 is 0. The zero-order chi connectivity index (χ0) is 22.4. The van der Waals surface area contributed by atoms with E-state index in [9.17, 15) is 14.4 Å². The van der Waals surface area contributed by atoms with E-state index in [0.29, 0.717) is 23.7 Å². The number of carbonyl (C=O) groups excluding carboxylic acids is 3. The van der Waals surface area contributed by atoms with Gasteiger partial charge in [-0.25, -0.2) is 10.3 Å². The number of rotatable bonds is 8. The van der Waals surface area contributed by atoms with Crippen molar-refractivity contribution in [3.8, 4) is 0 Å². The van der Waals surface area contributed by atoms with Crippen molar-refractivity contribution in [1.82, 2.24) is 20.7 Å². The predicted molar refractivity (Wildman–Crippen MR) is 116 cm³/mol. The van der Waals surface area contributed by atoms with Crippen LogP contribution in [0.2, 0.25) is 0 Å². The van der Waals surface area contributed by atoms with Crippen LogP contribution in [0, 0.1) is 11.8 Å². The molecule has 31 heavy (non-hydrogen) atoms. The molecule has 0 bridgehead atoms. The minimum atomic E-state index is -0.825. The number of urea groups is 1. The first-order valence-electron chi connectivity index (χ1n) is 10.5. The van der Waals surface area contributed by atoms with Gasteiger partial charge < -0.3 is 15.5 Å². The van der Waals surface area contributed by atoms with E-state index in [1.165, 1.54) is 4.90 Å². The molecule has 0 spiro atoms. The van der Waals surface area contributed by atoms with E-state index in [0.717, 1.165) is 24.6 Å². The highest BCUT2D eigenvalue weighted by Gasteiger charge is 2.32. The summed E-state index contributed by atoms with van der Waals surface area (Å²) in [6, 6.07) is 7.83. The van der Waals surface area contributed by atoms with Gasteiger partial charge in [0.15, 0.2) is 0 Å². The van der Waals surface area contributed by atoms with Gasteiger partial charge in [-0.2, -0.15) is 0 Å². The fourth-order valence-corrected chi connectivity index (χ4v) is 3.64. The molecule has 166 valence electrons. The summed E-state index contributed by atoms with van der Waals surface area (Å²) < 4.78 is 0. The van der Waals surface area contributed by atoms with Gasteiger partial charge in [0.1, 0.15) is 12.6 Å². The summed E-state index contributed by atoms with van der Waals surface area (Å²) in [4.78, 5) is 43.4. The minimum Gasteiger partial charge on any atom is -0.331 e. The van der Waals surface area contributed by atoms with E-state index in [-0.39, 0.29) is 18.4 Å². The van der Waals surface area contributed by atoms with E-state index in [2.05, 4.69) is 15.6 Å². The van der Waals surface area contributed by atoms with Gasteiger partial charge in [0, 0.05) is 18.1 Å². The van der Waals surface area contributed by atoms with E-state index in [4.69, 9.17) is 5.21 Å². The van der Waals surface area contributed by atoms with Crippen LogP contribution in [-0.2, 0) is 9.59 Å². The van der Waals surface area contributed by atoms with Gasteiger partial charge >= 0.3 is 6.03 Å². The standard InChI is InChI=1S/C22H29N5O4/c1-14(2)19(21(29)27(13-18(28)26-31)12-15-6-3-7-15)25-22(30)24-17-10-4-8-16-9-5-11-23-20(16)17/h4-5,8-11,14-15,19,31H,3,6-7,12-13H2,1-2H3,(H,26,28)(H2,24,25,30). The highest BCUT2D eigenvalue weighted by atomic mass is 16.5. The van der Waals surface area contributed by atoms with Gasteiger partial charge in [-0.15, -0.1) is 0 Å². The molecule has 1 saturated carbocycles. The van der Waals surface area contributed by atoms with E-state index in [1.807, 2.05) is 38.1 Å². The van der Waals surface area contributed by atoms with Gasteiger partial charge in [-0.05, 0) is 36.8 Å². The number of nitrogens with one attached hydrogen (secondary N) is 3. The number of carbonyl (C=O) groups is 3. The van der Waals surface area contributed by atoms with Crippen LogP contribution in [0.1, 0.15) is 33.1 Å². The Kier molecular flexibility index (Phi) is 7.41. The van der Waals surface area contributed by atoms with Crippen LogP contribution in [-0.4, -0.2) is 52.1 Å². The molecule has 1 unspecified atom stereocenters. The molecule has 0 radical (unpaired) electrons. The Hall–Kier alpha value is -3.20. The van der Waals surface area contributed by atoms with Crippen molar-refractivity contribution >= 4 is 34.4 Å². The van der Waals surface area contributed by atoms with Gasteiger partial charge in [0.2, 0.25) is 5.91 Å². The summed E-state index contributed by atoms with van der Waals surface area (Å²) in [5.41, 5.74) is 2.77. The lowest BCUT2D eigenvalue weighted by Crippen LogP contribution is -2.55. The Balaban J connectivity index is 1.72. The number of anilines is 1. The molecular weight excluding hydrogens is 398 g/mol. The molecule has 0 aliphatic heterocycles. The van der Waals surface area contributed by atoms with Gasteiger partial charge in [-0.1, -0.05) is 38.5 Å².